The van der Waals surface area contributed by atoms with Crippen molar-refractivity contribution in [3.63, 3.8) is 0 Å². The van der Waals surface area contributed by atoms with E-state index in [-0.39, 0.29) is 11.9 Å². The van der Waals surface area contributed by atoms with Crippen LogP contribution in [0.2, 0.25) is 5.02 Å². The Morgan fingerprint density at radius 2 is 2.18 bits per heavy atom. The lowest BCUT2D eigenvalue weighted by Gasteiger charge is -2.23. The first-order chi connectivity index (χ1) is 10.6. The van der Waals surface area contributed by atoms with Crippen LogP contribution in [0.15, 0.2) is 24.3 Å². The van der Waals surface area contributed by atoms with Crippen LogP contribution in [0, 0.1) is 16.7 Å². The summed E-state index contributed by atoms with van der Waals surface area (Å²) >= 11 is 6.03. The van der Waals surface area contributed by atoms with Crippen LogP contribution in [0.3, 0.4) is 0 Å². The zero-order valence-corrected chi connectivity index (χ0v) is 13.3. The maximum atomic E-state index is 12.5. The van der Waals surface area contributed by atoms with Crippen LogP contribution in [0.1, 0.15) is 32.1 Å². The fourth-order valence-corrected chi connectivity index (χ4v) is 3.66. The van der Waals surface area contributed by atoms with Crippen LogP contribution in [0.25, 0.3) is 0 Å². The Balaban J connectivity index is 1.61. The van der Waals surface area contributed by atoms with E-state index in [9.17, 15) is 10.1 Å². The number of hydrogen-bond donors (Lipinski definition) is 1. The molecule has 1 aromatic carbocycles. The first-order valence-electron chi connectivity index (χ1n) is 7.86. The van der Waals surface area contributed by atoms with Gasteiger partial charge in [-0.3, -0.25) is 4.79 Å². The molecule has 0 unspecified atom stereocenters. The van der Waals surface area contributed by atoms with Crippen LogP contribution < -0.4 is 10.2 Å². The summed E-state index contributed by atoms with van der Waals surface area (Å²) in [6, 6.07) is 10.1. The highest BCUT2D eigenvalue weighted by molar-refractivity contribution is 6.30. The molecule has 0 aromatic heterocycles. The number of amides is 1. The molecule has 1 heterocycles. The Labute approximate surface area is 136 Å². The molecule has 1 amide bonds. The van der Waals surface area contributed by atoms with Crippen molar-refractivity contribution in [2.75, 3.05) is 18.0 Å². The van der Waals surface area contributed by atoms with E-state index in [1.54, 1.807) is 0 Å². The number of halogens is 1. The van der Waals surface area contributed by atoms with Crippen molar-refractivity contribution < 1.29 is 4.79 Å². The van der Waals surface area contributed by atoms with Crippen molar-refractivity contribution in [3.8, 4) is 6.07 Å². The number of nitriles is 1. The Morgan fingerprint density at radius 1 is 1.41 bits per heavy atom. The molecule has 1 aliphatic carbocycles. The topological polar surface area (TPSA) is 56.1 Å². The van der Waals surface area contributed by atoms with Gasteiger partial charge in [0.15, 0.2) is 0 Å². The predicted molar refractivity (Wildman–Crippen MR) is 86.7 cm³/mol. The Bertz CT molecular complexity index is 604. The normalized spacial score (nSPS) is 23.3. The average Bonchev–Trinajstić information content (AvgIpc) is 3.17. The molecule has 3 rings (SSSR count). The zero-order valence-electron chi connectivity index (χ0n) is 12.5. The molecular formula is C17H20ClN3O. The van der Waals surface area contributed by atoms with Crippen molar-refractivity contribution in [2.45, 2.75) is 38.1 Å². The van der Waals surface area contributed by atoms with Crippen molar-refractivity contribution in [1.29, 1.82) is 5.26 Å². The van der Waals surface area contributed by atoms with Gasteiger partial charge in [-0.1, -0.05) is 30.5 Å². The molecule has 0 bridgehead atoms. The highest BCUT2D eigenvalue weighted by Crippen LogP contribution is 2.38. The number of anilines is 1. The molecule has 1 saturated carbocycles. The van der Waals surface area contributed by atoms with Gasteiger partial charge in [0, 0.05) is 29.8 Å². The molecule has 22 heavy (non-hydrogen) atoms. The largest absolute Gasteiger partial charge is 0.369 e. The van der Waals surface area contributed by atoms with Gasteiger partial charge in [-0.15, -0.1) is 0 Å². The molecule has 4 nitrogen and oxygen atoms in total. The van der Waals surface area contributed by atoms with Gasteiger partial charge in [0.1, 0.15) is 5.41 Å². The second-order valence-electron chi connectivity index (χ2n) is 6.29. The molecule has 1 aromatic rings. The summed E-state index contributed by atoms with van der Waals surface area (Å²) in [4.78, 5) is 14.7. The van der Waals surface area contributed by atoms with Crippen LogP contribution in [0.5, 0.6) is 0 Å². The van der Waals surface area contributed by atoms with Crippen molar-refractivity contribution in [1.82, 2.24) is 5.32 Å². The van der Waals surface area contributed by atoms with Gasteiger partial charge < -0.3 is 10.2 Å². The van der Waals surface area contributed by atoms with Gasteiger partial charge in [-0.05, 0) is 37.5 Å². The number of nitrogens with one attached hydrogen (secondary N) is 1. The molecule has 1 N–H and O–H groups in total. The monoisotopic (exact) mass is 317 g/mol. The summed E-state index contributed by atoms with van der Waals surface area (Å²) < 4.78 is 0. The summed E-state index contributed by atoms with van der Waals surface area (Å²) in [5.41, 5.74) is 0.295. The lowest BCUT2D eigenvalue weighted by atomic mass is 9.87. The van der Waals surface area contributed by atoms with Gasteiger partial charge in [-0.25, -0.2) is 0 Å². The second kappa shape index (κ2) is 6.18. The molecule has 1 aliphatic heterocycles. The standard InChI is InChI=1S/C17H20ClN3O/c18-13-4-3-5-15(10-13)21-9-6-14(11-21)20-16(22)17(12-19)7-1-2-8-17/h3-5,10,14H,1-2,6-9,11H2,(H,20,22)/t14-/m1/s1. The van der Waals surface area contributed by atoms with Crippen LogP contribution in [-0.2, 0) is 4.79 Å². The summed E-state index contributed by atoms with van der Waals surface area (Å²) in [6.07, 6.45) is 4.24. The fourth-order valence-electron chi connectivity index (χ4n) is 3.48. The van der Waals surface area contributed by atoms with Gasteiger partial charge in [0.05, 0.1) is 6.07 Å². The third-order valence-electron chi connectivity index (χ3n) is 4.80. The minimum atomic E-state index is -0.788. The quantitative estimate of drug-likeness (QED) is 0.932. The number of hydrogen-bond acceptors (Lipinski definition) is 3. The van der Waals surface area contributed by atoms with Crippen LogP contribution in [-0.4, -0.2) is 25.0 Å². The summed E-state index contributed by atoms with van der Waals surface area (Å²) in [5.74, 6) is -0.0783. The second-order valence-corrected chi connectivity index (χ2v) is 6.72. The summed E-state index contributed by atoms with van der Waals surface area (Å²) in [5, 5.41) is 13.2. The van der Waals surface area contributed by atoms with Crippen LogP contribution >= 0.6 is 11.6 Å². The minimum Gasteiger partial charge on any atom is -0.369 e. The third-order valence-corrected chi connectivity index (χ3v) is 5.04. The van der Waals surface area contributed by atoms with E-state index in [2.05, 4.69) is 16.3 Å². The molecule has 0 spiro atoms. The van der Waals surface area contributed by atoms with E-state index >= 15 is 0 Å². The maximum absolute atomic E-state index is 12.5. The predicted octanol–water partition coefficient (Wildman–Crippen LogP) is 3.12. The molecule has 2 fully saturated rings. The smallest absolute Gasteiger partial charge is 0.240 e. The van der Waals surface area contributed by atoms with Gasteiger partial charge in [-0.2, -0.15) is 5.26 Å². The minimum absolute atomic E-state index is 0.0783. The maximum Gasteiger partial charge on any atom is 0.240 e. The molecule has 1 saturated heterocycles. The number of nitrogens with zero attached hydrogens (tertiary/aromatic N) is 2. The highest BCUT2D eigenvalue weighted by Gasteiger charge is 2.42. The van der Waals surface area contributed by atoms with Gasteiger partial charge >= 0.3 is 0 Å². The number of carbonyl (C=O) groups is 1. The van der Waals surface area contributed by atoms with E-state index in [1.807, 2.05) is 24.3 Å². The Hall–Kier alpha value is -1.73. The summed E-state index contributed by atoms with van der Waals surface area (Å²) in [6.45, 7) is 1.67. The average molecular weight is 318 g/mol. The SMILES string of the molecule is N#CC1(C(=O)N[C@@H]2CCN(c3cccc(Cl)c3)C2)CCCC1. The lowest BCUT2D eigenvalue weighted by molar-refractivity contribution is -0.128. The number of carbonyl (C=O) groups excluding carboxylic acids is 1. The molecule has 2 aliphatic rings. The zero-order chi connectivity index (χ0) is 15.6. The van der Waals surface area contributed by atoms with E-state index in [0.717, 1.165) is 43.1 Å². The summed E-state index contributed by atoms with van der Waals surface area (Å²) in [7, 11) is 0. The highest BCUT2D eigenvalue weighted by atomic mass is 35.5. The Kier molecular flexibility index (Phi) is 4.26. The van der Waals surface area contributed by atoms with E-state index < -0.39 is 5.41 Å². The van der Waals surface area contributed by atoms with Crippen LogP contribution in [0.4, 0.5) is 5.69 Å². The van der Waals surface area contributed by atoms with E-state index in [0.29, 0.717) is 12.8 Å². The third kappa shape index (κ3) is 2.91. The van der Waals surface area contributed by atoms with E-state index in [1.165, 1.54) is 0 Å². The van der Waals surface area contributed by atoms with Crippen molar-refractivity contribution in [2.24, 2.45) is 5.41 Å². The first-order valence-corrected chi connectivity index (χ1v) is 8.23. The van der Waals surface area contributed by atoms with Gasteiger partial charge in [0.25, 0.3) is 0 Å². The molecule has 0 radical (unpaired) electrons. The molecule has 5 heteroatoms. The molecule has 1 atom stereocenters. The number of benzene rings is 1. The van der Waals surface area contributed by atoms with Crippen molar-refractivity contribution in [3.05, 3.63) is 29.3 Å². The van der Waals surface area contributed by atoms with Crippen molar-refractivity contribution >= 4 is 23.2 Å². The lowest BCUT2D eigenvalue weighted by Crippen LogP contribution is -2.45. The fraction of sp³-hybridized carbons (Fsp3) is 0.529. The molecule has 116 valence electrons. The number of rotatable bonds is 3. The van der Waals surface area contributed by atoms with E-state index in [4.69, 9.17) is 11.6 Å². The Morgan fingerprint density at radius 3 is 2.86 bits per heavy atom. The van der Waals surface area contributed by atoms with Gasteiger partial charge in [0.2, 0.25) is 5.91 Å². The molecular weight excluding hydrogens is 298 g/mol. The first kappa shape index (κ1) is 15.2.